The van der Waals surface area contributed by atoms with Crippen LogP contribution in [0.2, 0.25) is 0 Å². The van der Waals surface area contributed by atoms with E-state index < -0.39 is 25.0 Å². The Balaban J connectivity index is 3.23. The number of rotatable bonds is 3. The van der Waals surface area contributed by atoms with Gasteiger partial charge in [0.15, 0.2) is 0 Å². The van der Waals surface area contributed by atoms with E-state index in [1.54, 1.807) is 0 Å². The van der Waals surface area contributed by atoms with Crippen molar-refractivity contribution in [1.29, 1.82) is 0 Å². The first kappa shape index (κ1) is 5.30. The summed E-state index contributed by atoms with van der Waals surface area (Å²) in [6.07, 6.45) is -2.22. The van der Waals surface area contributed by atoms with E-state index in [-0.39, 0.29) is 29.4 Å². The standard InChI is InChI=1S/C11H16N4/c1-9(12)15-11(13)14-8-7-10-5-3-2-4-6-10/h2-6H,7-8H2,1H3,(H4,12,13,14,15)/i3D,4D,5D,6D,7D2. The van der Waals surface area contributed by atoms with Gasteiger partial charge in [0, 0.05) is 9.29 Å². The van der Waals surface area contributed by atoms with Crippen molar-refractivity contribution in [2.24, 2.45) is 21.5 Å². The summed E-state index contributed by atoms with van der Waals surface area (Å²) in [5, 5.41) is 0. The van der Waals surface area contributed by atoms with E-state index in [4.69, 9.17) is 19.7 Å². The van der Waals surface area contributed by atoms with Crippen molar-refractivity contribution < 1.29 is 8.22 Å². The number of guanidine groups is 1. The first-order valence-electron chi connectivity index (χ1n) is 7.25. The zero-order chi connectivity index (χ0) is 16.4. The quantitative estimate of drug-likeness (QED) is 0.575. The molecule has 80 valence electrons. The second-order valence-electron chi connectivity index (χ2n) is 2.66. The van der Waals surface area contributed by atoms with Crippen LogP contribution in [0.3, 0.4) is 0 Å². The predicted molar refractivity (Wildman–Crippen MR) is 63.9 cm³/mol. The minimum absolute atomic E-state index is 0.167. The topological polar surface area (TPSA) is 76.8 Å². The molecule has 0 bridgehead atoms. The molecule has 0 aliphatic carbocycles. The summed E-state index contributed by atoms with van der Waals surface area (Å²) in [7, 11) is 0. The van der Waals surface area contributed by atoms with E-state index >= 15 is 0 Å². The monoisotopic (exact) mass is 210 g/mol. The van der Waals surface area contributed by atoms with Crippen LogP contribution in [0, 0.1) is 0 Å². The second kappa shape index (κ2) is 5.80. The van der Waals surface area contributed by atoms with Crippen LogP contribution in [0.4, 0.5) is 0 Å². The molecule has 0 amide bonds. The minimum atomic E-state index is -2.22. The van der Waals surface area contributed by atoms with Gasteiger partial charge < -0.3 is 11.5 Å². The van der Waals surface area contributed by atoms with Crippen LogP contribution in [0.15, 0.2) is 40.2 Å². The van der Waals surface area contributed by atoms with Crippen LogP contribution < -0.4 is 11.5 Å². The van der Waals surface area contributed by atoms with Crippen LogP contribution in [0.1, 0.15) is 20.7 Å². The number of hydrogen-bond acceptors (Lipinski definition) is 1. The number of nitrogens with zero attached hydrogens (tertiary/aromatic N) is 2. The van der Waals surface area contributed by atoms with Crippen molar-refractivity contribution >= 4 is 11.8 Å². The fraction of sp³-hybridized carbons (Fsp3) is 0.273. The van der Waals surface area contributed by atoms with E-state index in [0.717, 1.165) is 6.07 Å². The van der Waals surface area contributed by atoms with Crippen LogP contribution in [0.25, 0.3) is 0 Å². The Labute approximate surface area is 98.2 Å². The molecule has 0 aliphatic rings. The predicted octanol–water partition coefficient (Wildman–Crippen LogP) is 0.921. The number of aliphatic imine (C=N–C) groups is 2. The lowest BCUT2D eigenvalue weighted by Gasteiger charge is -1.97. The van der Waals surface area contributed by atoms with E-state index in [0.29, 0.717) is 0 Å². The first-order valence-corrected chi connectivity index (χ1v) is 4.25. The van der Waals surface area contributed by atoms with Crippen LogP contribution in [0.5, 0.6) is 0 Å². The molecule has 0 fully saturated rings. The van der Waals surface area contributed by atoms with Gasteiger partial charge in [0.25, 0.3) is 0 Å². The number of benzene rings is 1. The van der Waals surface area contributed by atoms with Gasteiger partial charge in [-0.25, -0.2) is 4.99 Å². The highest BCUT2D eigenvalue weighted by Gasteiger charge is 1.91. The average molecular weight is 210 g/mol. The van der Waals surface area contributed by atoms with Gasteiger partial charge in [0.05, 0.1) is 11.3 Å². The summed E-state index contributed by atoms with van der Waals surface area (Å²) in [5.74, 6) is -0.0502. The smallest absolute Gasteiger partial charge is 0.216 e. The van der Waals surface area contributed by atoms with Crippen LogP contribution in [-0.4, -0.2) is 18.3 Å². The maximum Gasteiger partial charge on any atom is 0.216 e. The van der Waals surface area contributed by atoms with E-state index in [1.165, 1.54) is 6.92 Å². The molecule has 1 rings (SSSR count). The van der Waals surface area contributed by atoms with Crippen molar-refractivity contribution in [2.75, 3.05) is 6.54 Å². The van der Waals surface area contributed by atoms with Crippen LogP contribution in [-0.2, 0) is 6.37 Å². The van der Waals surface area contributed by atoms with Crippen molar-refractivity contribution in [1.82, 2.24) is 0 Å². The van der Waals surface area contributed by atoms with Crippen LogP contribution >= 0.6 is 0 Å². The highest BCUT2D eigenvalue weighted by molar-refractivity contribution is 5.93. The molecule has 1 aromatic carbocycles. The highest BCUT2D eigenvalue weighted by Crippen LogP contribution is 1.99. The van der Waals surface area contributed by atoms with Crippen molar-refractivity contribution in [3.63, 3.8) is 0 Å². The summed E-state index contributed by atoms with van der Waals surface area (Å²) in [6, 6.07) is -0.476. The Bertz CT molecular complexity index is 581. The average Bonchev–Trinajstić information content (AvgIpc) is 2.33. The van der Waals surface area contributed by atoms with Crippen molar-refractivity contribution in [3.8, 4) is 0 Å². The van der Waals surface area contributed by atoms with Gasteiger partial charge in [-0.2, -0.15) is 0 Å². The summed E-state index contributed by atoms with van der Waals surface area (Å²) in [6.45, 7) is 1.01. The Morgan fingerprint density at radius 2 is 2.13 bits per heavy atom. The Morgan fingerprint density at radius 3 is 2.73 bits per heavy atom. The maximum atomic E-state index is 7.94. The number of nitrogens with two attached hydrogens (primary N) is 2. The SMILES string of the molecule is [2H]c1cc([2H])c([2H])c(C([2H])([2H])CN=C(N)N=C(C)N)c1[2H]. The fourth-order valence-corrected chi connectivity index (χ4v) is 0.788. The van der Waals surface area contributed by atoms with Gasteiger partial charge in [-0.15, -0.1) is 0 Å². The molecule has 0 unspecified atom stereocenters. The van der Waals surface area contributed by atoms with Crippen molar-refractivity contribution in [2.45, 2.75) is 13.3 Å². The second-order valence-corrected chi connectivity index (χ2v) is 2.66. The maximum absolute atomic E-state index is 7.94. The first-order chi connectivity index (χ1) is 9.56. The molecule has 0 atom stereocenters. The third-order valence-corrected chi connectivity index (χ3v) is 1.33. The lowest BCUT2D eigenvalue weighted by atomic mass is 10.2. The molecule has 4 N–H and O–H groups in total. The summed E-state index contributed by atoms with van der Waals surface area (Å²) < 4.78 is 46.4. The van der Waals surface area contributed by atoms with E-state index in [2.05, 4.69) is 9.98 Å². The third kappa shape index (κ3) is 4.81. The number of hydrogen-bond donors (Lipinski definition) is 2. The molecule has 0 heterocycles. The molecule has 0 aromatic heterocycles. The summed E-state index contributed by atoms with van der Waals surface area (Å²) >= 11 is 0. The Hall–Kier alpha value is -1.84. The summed E-state index contributed by atoms with van der Waals surface area (Å²) in [4.78, 5) is 7.36. The molecular weight excluding hydrogens is 188 g/mol. The molecule has 15 heavy (non-hydrogen) atoms. The third-order valence-electron chi connectivity index (χ3n) is 1.33. The molecule has 0 aliphatic heterocycles. The molecule has 0 radical (unpaired) electrons. The minimum Gasteiger partial charge on any atom is -0.387 e. The number of amidine groups is 1. The van der Waals surface area contributed by atoms with Gasteiger partial charge in [-0.1, -0.05) is 30.2 Å². The van der Waals surface area contributed by atoms with Gasteiger partial charge >= 0.3 is 0 Å². The van der Waals surface area contributed by atoms with E-state index in [9.17, 15) is 0 Å². The molecule has 0 saturated carbocycles. The Morgan fingerprint density at radius 1 is 1.47 bits per heavy atom. The molecule has 0 spiro atoms. The fourth-order valence-electron chi connectivity index (χ4n) is 0.788. The zero-order valence-corrected chi connectivity index (χ0v) is 8.33. The lowest BCUT2D eigenvalue weighted by Crippen LogP contribution is -2.16. The van der Waals surface area contributed by atoms with Gasteiger partial charge in [0.2, 0.25) is 5.96 Å². The Kier molecular flexibility index (Phi) is 2.05. The van der Waals surface area contributed by atoms with Gasteiger partial charge in [0.1, 0.15) is 0 Å². The molecule has 4 heteroatoms. The zero-order valence-electron chi connectivity index (χ0n) is 14.3. The molecule has 0 saturated heterocycles. The summed E-state index contributed by atoms with van der Waals surface area (Å²) in [5.41, 5.74) is 10.4. The lowest BCUT2D eigenvalue weighted by molar-refractivity contribution is 0.962. The largest absolute Gasteiger partial charge is 0.387 e. The molecule has 4 nitrogen and oxygen atoms in total. The molecule has 1 aromatic rings. The van der Waals surface area contributed by atoms with Gasteiger partial charge in [-0.05, 0) is 18.9 Å². The van der Waals surface area contributed by atoms with Gasteiger partial charge in [-0.3, -0.25) is 4.99 Å². The highest BCUT2D eigenvalue weighted by atomic mass is 15.1. The molecular formula is C11H16N4. The van der Waals surface area contributed by atoms with E-state index in [1.807, 2.05) is 0 Å². The normalized spacial score (nSPS) is 19.5. The van der Waals surface area contributed by atoms with Crippen molar-refractivity contribution in [3.05, 3.63) is 35.8 Å².